The first-order valence-electron chi connectivity index (χ1n) is 7.84. The maximum Gasteiger partial charge on any atom is 0.341 e. The van der Waals surface area contributed by atoms with Crippen molar-refractivity contribution in [3.05, 3.63) is 47.3 Å². The number of hydrogen-bond donors (Lipinski definition) is 1. The van der Waals surface area contributed by atoms with Crippen molar-refractivity contribution < 1.29 is 9.53 Å². The number of benzene rings is 1. The minimum atomic E-state index is -0.398. The van der Waals surface area contributed by atoms with Crippen LogP contribution in [0.4, 0.5) is 11.4 Å². The van der Waals surface area contributed by atoms with Gasteiger partial charge in [0, 0.05) is 18.9 Å². The van der Waals surface area contributed by atoms with E-state index < -0.39 is 5.97 Å². The van der Waals surface area contributed by atoms with Gasteiger partial charge in [-0.2, -0.15) is 5.10 Å². The molecule has 2 heterocycles. The zero-order valence-corrected chi connectivity index (χ0v) is 14.3. The minimum absolute atomic E-state index is 0.312. The number of anilines is 2. The van der Waals surface area contributed by atoms with E-state index in [-0.39, 0.29) is 0 Å². The first-order chi connectivity index (χ1) is 11.5. The fourth-order valence-corrected chi connectivity index (χ4v) is 2.77. The van der Waals surface area contributed by atoms with Gasteiger partial charge in [0.2, 0.25) is 0 Å². The summed E-state index contributed by atoms with van der Waals surface area (Å²) in [6.07, 6.45) is 1.54. The molecule has 0 atom stereocenters. The second kappa shape index (κ2) is 6.31. The summed E-state index contributed by atoms with van der Waals surface area (Å²) in [5.74, 6) is -0.398. The van der Waals surface area contributed by atoms with Gasteiger partial charge < -0.3 is 10.1 Å². The van der Waals surface area contributed by atoms with E-state index >= 15 is 0 Å². The molecule has 0 aliphatic carbocycles. The van der Waals surface area contributed by atoms with Crippen LogP contribution in [0.2, 0.25) is 0 Å². The van der Waals surface area contributed by atoms with E-state index in [4.69, 9.17) is 4.74 Å². The van der Waals surface area contributed by atoms with Gasteiger partial charge in [-0.25, -0.2) is 9.78 Å². The maximum absolute atomic E-state index is 12.4. The molecule has 0 aliphatic rings. The van der Waals surface area contributed by atoms with E-state index in [0.29, 0.717) is 17.9 Å². The quantitative estimate of drug-likeness (QED) is 0.744. The number of aryl methyl sites for hydroxylation is 3. The fraction of sp³-hybridized carbons (Fsp3) is 0.278. The molecule has 0 radical (unpaired) electrons. The van der Waals surface area contributed by atoms with Crippen LogP contribution in [-0.4, -0.2) is 27.3 Å². The molecule has 0 fully saturated rings. The third-order valence-corrected chi connectivity index (χ3v) is 3.81. The van der Waals surface area contributed by atoms with Gasteiger partial charge in [-0.15, -0.1) is 0 Å². The highest BCUT2D eigenvalue weighted by Gasteiger charge is 2.20. The molecule has 0 saturated carbocycles. The molecule has 0 bridgehead atoms. The SMILES string of the molecule is CCOC(=O)c1cnc2c(c(C)nn2C)c1Nc1cccc(C)c1. The van der Waals surface area contributed by atoms with Crippen LogP contribution in [0.25, 0.3) is 11.0 Å². The summed E-state index contributed by atoms with van der Waals surface area (Å²) in [4.78, 5) is 16.7. The molecule has 24 heavy (non-hydrogen) atoms. The molecule has 6 nitrogen and oxygen atoms in total. The Labute approximate surface area is 140 Å². The van der Waals surface area contributed by atoms with Crippen LogP contribution in [0.5, 0.6) is 0 Å². The van der Waals surface area contributed by atoms with Crippen LogP contribution in [0, 0.1) is 13.8 Å². The predicted molar refractivity (Wildman–Crippen MR) is 93.7 cm³/mol. The van der Waals surface area contributed by atoms with Crippen molar-refractivity contribution in [3.63, 3.8) is 0 Å². The highest BCUT2D eigenvalue weighted by Crippen LogP contribution is 2.31. The van der Waals surface area contributed by atoms with Gasteiger partial charge in [0.15, 0.2) is 5.65 Å². The van der Waals surface area contributed by atoms with E-state index in [2.05, 4.69) is 15.4 Å². The fourth-order valence-electron chi connectivity index (χ4n) is 2.77. The summed E-state index contributed by atoms with van der Waals surface area (Å²) < 4.78 is 6.89. The molecule has 0 spiro atoms. The molecule has 1 aromatic carbocycles. The Morgan fingerprint density at radius 2 is 2.12 bits per heavy atom. The third kappa shape index (κ3) is 2.82. The number of pyridine rings is 1. The molecule has 124 valence electrons. The van der Waals surface area contributed by atoms with Crippen LogP contribution >= 0.6 is 0 Å². The van der Waals surface area contributed by atoms with E-state index in [1.165, 1.54) is 0 Å². The summed E-state index contributed by atoms with van der Waals surface area (Å²) in [6.45, 7) is 6.02. The normalized spacial score (nSPS) is 10.8. The summed E-state index contributed by atoms with van der Waals surface area (Å²) in [7, 11) is 1.84. The largest absolute Gasteiger partial charge is 0.462 e. The highest BCUT2D eigenvalue weighted by molar-refractivity contribution is 6.06. The molecule has 0 amide bonds. The first-order valence-corrected chi connectivity index (χ1v) is 7.84. The topological polar surface area (TPSA) is 69.0 Å². The van der Waals surface area contributed by atoms with Crippen molar-refractivity contribution >= 4 is 28.4 Å². The molecule has 6 heteroatoms. The van der Waals surface area contributed by atoms with E-state index in [0.717, 1.165) is 28.0 Å². The Morgan fingerprint density at radius 1 is 1.33 bits per heavy atom. The summed E-state index contributed by atoms with van der Waals surface area (Å²) in [6, 6.07) is 7.97. The number of nitrogens with one attached hydrogen (secondary N) is 1. The third-order valence-electron chi connectivity index (χ3n) is 3.81. The van der Waals surface area contributed by atoms with Crippen molar-refractivity contribution in [1.29, 1.82) is 0 Å². The molecule has 3 aromatic rings. The average Bonchev–Trinajstić information content (AvgIpc) is 2.83. The predicted octanol–water partition coefficient (Wildman–Crippen LogP) is 3.51. The lowest BCUT2D eigenvalue weighted by Crippen LogP contribution is -2.09. The van der Waals surface area contributed by atoms with Gasteiger partial charge in [0.1, 0.15) is 5.56 Å². The zero-order chi connectivity index (χ0) is 17.3. The van der Waals surface area contributed by atoms with E-state index in [1.54, 1.807) is 17.8 Å². The lowest BCUT2D eigenvalue weighted by Gasteiger charge is -2.13. The van der Waals surface area contributed by atoms with Crippen LogP contribution in [0.15, 0.2) is 30.5 Å². The number of aromatic nitrogens is 3. The Balaban J connectivity index is 2.20. The number of ether oxygens (including phenoxy) is 1. The van der Waals surface area contributed by atoms with Gasteiger partial charge in [0.25, 0.3) is 0 Å². The summed E-state index contributed by atoms with van der Waals surface area (Å²) in [5, 5.41) is 8.60. The Morgan fingerprint density at radius 3 is 2.83 bits per heavy atom. The lowest BCUT2D eigenvalue weighted by atomic mass is 10.1. The molecular weight excluding hydrogens is 304 g/mol. The average molecular weight is 324 g/mol. The van der Waals surface area contributed by atoms with Gasteiger partial charge in [-0.3, -0.25) is 4.68 Å². The van der Waals surface area contributed by atoms with Crippen molar-refractivity contribution in [1.82, 2.24) is 14.8 Å². The number of carbonyl (C=O) groups is 1. The number of carbonyl (C=O) groups excluding carboxylic acids is 1. The molecule has 3 rings (SSSR count). The van der Waals surface area contributed by atoms with Crippen molar-refractivity contribution in [2.45, 2.75) is 20.8 Å². The Bertz CT molecular complexity index is 915. The number of esters is 1. The van der Waals surface area contributed by atoms with Crippen molar-refractivity contribution in [3.8, 4) is 0 Å². The molecule has 0 saturated heterocycles. The Kier molecular flexibility index (Phi) is 4.20. The monoisotopic (exact) mass is 324 g/mol. The standard InChI is InChI=1S/C18H20N4O2/c1-5-24-18(23)14-10-19-17-15(12(3)21-22(17)4)16(14)20-13-8-6-7-11(2)9-13/h6-10H,5H2,1-4H3,(H,19,20). The second-order valence-corrected chi connectivity index (χ2v) is 5.67. The van der Waals surface area contributed by atoms with Crippen molar-refractivity contribution in [2.24, 2.45) is 7.05 Å². The van der Waals surface area contributed by atoms with Crippen molar-refractivity contribution in [2.75, 3.05) is 11.9 Å². The maximum atomic E-state index is 12.4. The molecule has 1 N–H and O–H groups in total. The summed E-state index contributed by atoms with van der Waals surface area (Å²) >= 11 is 0. The van der Waals surface area contributed by atoms with Crippen LogP contribution in [0.3, 0.4) is 0 Å². The number of nitrogens with zero attached hydrogens (tertiary/aromatic N) is 3. The zero-order valence-electron chi connectivity index (χ0n) is 14.3. The first kappa shape index (κ1) is 16.0. The summed E-state index contributed by atoms with van der Waals surface area (Å²) in [5.41, 5.74) is 4.64. The van der Waals surface area contributed by atoms with Gasteiger partial charge in [-0.05, 0) is 38.5 Å². The minimum Gasteiger partial charge on any atom is -0.462 e. The van der Waals surface area contributed by atoms with E-state index in [1.807, 2.05) is 45.2 Å². The molecule has 0 unspecified atom stereocenters. The number of hydrogen-bond acceptors (Lipinski definition) is 5. The molecular formula is C18H20N4O2. The number of fused-ring (bicyclic) bond motifs is 1. The molecule has 0 aliphatic heterocycles. The van der Waals surface area contributed by atoms with Gasteiger partial charge in [-0.1, -0.05) is 12.1 Å². The molecule has 2 aromatic heterocycles. The van der Waals surface area contributed by atoms with E-state index in [9.17, 15) is 4.79 Å². The smallest absolute Gasteiger partial charge is 0.341 e. The van der Waals surface area contributed by atoms with Gasteiger partial charge in [0.05, 0.1) is 23.4 Å². The second-order valence-electron chi connectivity index (χ2n) is 5.67. The number of rotatable bonds is 4. The van der Waals surface area contributed by atoms with Crippen LogP contribution in [-0.2, 0) is 11.8 Å². The van der Waals surface area contributed by atoms with Crippen LogP contribution in [0.1, 0.15) is 28.5 Å². The van der Waals surface area contributed by atoms with Gasteiger partial charge >= 0.3 is 5.97 Å². The highest BCUT2D eigenvalue weighted by atomic mass is 16.5. The van der Waals surface area contributed by atoms with Crippen LogP contribution < -0.4 is 5.32 Å². The Hall–Kier alpha value is -2.89. The lowest BCUT2D eigenvalue weighted by molar-refractivity contribution is 0.0527.